The monoisotopic (exact) mass is 398 g/mol. The first-order valence-electron chi connectivity index (χ1n) is 10.7. The molecule has 3 rings (SSSR count). The van der Waals surface area contributed by atoms with Crippen LogP contribution >= 0.6 is 0 Å². The van der Waals surface area contributed by atoms with Crippen LogP contribution in [0.4, 0.5) is 0 Å². The van der Waals surface area contributed by atoms with Gasteiger partial charge in [0.15, 0.2) is 5.96 Å². The third-order valence-corrected chi connectivity index (χ3v) is 5.78. The zero-order valence-electron chi connectivity index (χ0n) is 17.9. The molecule has 0 saturated heterocycles. The van der Waals surface area contributed by atoms with Gasteiger partial charge in [-0.1, -0.05) is 38.0 Å². The Bertz CT molecular complexity index is 794. The van der Waals surface area contributed by atoms with Gasteiger partial charge in [0.1, 0.15) is 17.9 Å². The number of hydrogen-bond donors (Lipinski definition) is 2. The van der Waals surface area contributed by atoms with Crippen molar-refractivity contribution in [2.45, 2.75) is 57.9 Å². The van der Waals surface area contributed by atoms with Gasteiger partial charge in [-0.15, -0.1) is 10.2 Å². The Labute approximate surface area is 174 Å². The maximum Gasteiger partial charge on any atom is 0.191 e. The second-order valence-electron chi connectivity index (χ2n) is 7.60. The zero-order valence-corrected chi connectivity index (χ0v) is 17.9. The van der Waals surface area contributed by atoms with Crippen LogP contribution in [-0.2, 0) is 18.4 Å². The summed E-state index contributed by atoms with van der Waals surface area (Å²) in [6, 6.07) is 8.41. The van der Waals surface area contributed by atoms with E-state index in [9.17, 15) is 0 Å². The van der Waals surface area contributed by atoms with Crippen LogP contribution in [0.25, 0.3) is 0 Å². The minimum Gasteiger partial charge on any atom is -0.496 e. The number of aliphatic imine (C=N–C) groups is 1. The second-order valence-corrected chi connectivity index (χ2v) is 7.60. The first-order valence-corrected chi connectivity index (χ1v) is 10.7. The summed E-state index contributed by atoms with van der Waals surface area (Å²) in [5.74, 6) is 2.84. The van der Waals surface area contributed by atoms with Crippen molar-refractivity contribution in [1.29, 1.82) is 0 Å². The average Bonchev–Trinajstić information content (AvgIpc) is 3.42. The Hall–Kier alpha value is -2.57. The van der Waals surface area contributed by atoms with Crippen LogP contribution in [0.2, 0.25) is 0 Å². The van der Waals surface area contributed by atoms with Gasteiger partial charge in [-0.05, 0) is 25.8 Å². The molecule has 0 unspecified atom stereocenters. The minimum absolute atomic E-state index is 0.0542. The summed E-state index contributed by atoms with van der Waals surface area (Å²) in [4.78, 5) is 4.98. The first-order chi connectivity index (χ1) is 14.2. The summed E-state index contributed by atoms with van der Waals surface area (Å²) in [6.45, 7) is 7.38. The number of hydrogen-bond acceptors (Lipinski definition) is 4. The number of aryl methyl sites for hydroxylation is 1. The van der Waals surface area contributed by atoms with Crippen molar-refractivity contribution in [1.82, 2.24) is 25.4 Å². The van der Waals surface area contributed by atoms with Crippen LogP contribution in [0, 0.1) is 0 Å². The van der Waals surface area contributed by atoms with E-state index in [-0.39, 0.29) is 5.41 Å². The molecular weight excluding hydrogens is 364 g/mol. The highest BCUT2D eigenvalue weighted by atomic mass is 16.5. The number of aromatic nitrogens is 3. The molecule has 7 nitrogen and oxygen atoms in total. The third-order valence-electron chi connectivity index (χ3n) is 5.78. The number of nitrogens with one attached hydrogen (secondary N) is 2. The van der Waals surface area contributed by atoms with E-state index in [2.05, 4.69) is 57.4 Å². The van der Waals surface area contributed by atoms with E-state index in [1.165, 1.54) is 18.4 Å². The van der Waals surface area contributed by atoms with Crippen LogP contribution in [-0.4, -0.2) is 47.5 Å². The van der Waals surface area contributed by atoms with E-state index in [0.29, 0.717) is 0 Å². The molecule has 0 spiro atoms. The summed E-state index contributed by atoms with van der Waals surface area (Å²) in [7, 11) is 1.76. The van der Waals surface area contributed by atoms with Crippen molar-refractivity contribution in [2.24, 2.45) is 4.99 Å². The number of rotatable bonds is 9. The smallest absolute Gasteiger partial charge is 0.191 e. The van der Waals surface area contributed by atoms with E-state index in [1.807, 2.05) is 6.07 Å². The molecule has 1 fully saturated rings. The maximum absolute atomic E-state index is 5.67. The fraction of sp³-hybridized carbons (Fsp3) is 0.591. The van der Waals surface area contributed by atoms with Gasteiger partial charge in [0, 0.05) is 37.0 Å². The summed E-state index contributed by atoms with van der Waals surface area (Å²) < 4.78 is 7.76. The summed E-state index contributed by atoms with van der Waals surface area (Å²) in [6.07, 6.45) is 7.46. The number of methoxy groups -OCH3 is 1. The molecule has 1 aliphatic carbocycles. The van der Waals surface area contributed by atoms with Crippen LogP contribution in [0.5, 0.6) is 5.75 Å². The van der Waals surface area contributed by atoms with Crippen molar-refractivity contribution in [3.05, 3.63) is 42.0 Å². The molecule has 1 heterocycles. The summed E-state index contributed by atoms with van der Waals surface area (Å²) >= 11 is 0. The van der Waals surface area contributed by atoms with Crippen molar-refractivity contribution in [2.75, 3.05) is 26.7 Å². The van der Waals surface area contributed by atoms with Gasteiger partial charge in [0.05, 0.1) is 13.7 Å². The summed E-state index contributed by atoms with van der Waals surface area (Å²) in [5.41, 5.74) is 1.34. The molecule has 158 valence electrons. The topological polar surface area (TPSA) is 76.4 Å². The van der Waals surface area contributed by atoms with E-state index in [0.717, 1.165) is 63.0 Å². The quantitative estimate of drug-likeness (QED) is 0.502. The predicted octanol–water partition coefficient (Wildman–Crippen LogP) is 2.92. The van der Waals surface area contributed by atoms with Gasteiger partial charge in [-0.25, -0.2) is 0 Å². The zero-order chi connectivity index (χ0) is 20.5. The fourth-order valence-electron chi connectivity index (χ4n) is 4.25. The van der Waals surface area contributed by atoms with Crippen LogP contribution in [0.15, 0.2) is 35.6 Å². The summed E-state index contributed by atoms with van der Waals surface area (Å²) in [5, 5.41) is 15.0. The second kappa shape index (κ2) is 10.3. The lowest BCUT2D eigenvalue weighted by molar-refractivity contribution is 0.377. The molecule has 0 radical (unpaired) electrons. The number of guanidine groups is 1. The molecule has 2 aromatic rings. The van der Waals surface area contributed by atoms with Gasteiger partial charge in [-0.2, -0.15) is 0 Å². The molecule has 0 amide bonds. The standard InChI is InChI=1S/C22H34N6O/c1-4-20-27-26-17-28(20)15-14-24-21(23-5-2)25-16-22(12-8-9-13-22)18-10-6-7-11-19(18)29-3/h6-7,10-11,17H,4-5,8-9,12-16H2,1-3H3,(H2,23,24,25). The molecule has 2 N–H and O–H groups in total. The molecule has 0 atom stereocenters. The molecule has 1 aliphatic rings. The van der Waals surface area contributed by atoms with Gasteiger partial charge >= 0.3 is 0 Å². The Kier molecular flexibility index (Phi) is 7.49. The molecule has 29 heavy (non-hydrogen) atoms. The Morgan fingerprint density at radius 2 is 2.00 bits per heavy atom. The van der Waals surface area contributed by atoms with Crippen molar-refractivity contribution in [3.8, 4) is 5.75 Å². The first kappa shape index (κ1) is 21.1. The van der Waals surface area contributed by atoms with Crippen LogP contribution < -0.4 is 15.4 Å². The van der Waals surface area contributed by atoms with Crippen LogP contribution in [0.3, 0.4) is 0 Å². The molecule has 1 aromatic heterocycles. The molecule has 1 aromatic carbocycles. The largest absolute Gasteiger partial charge is 0.496 e. The lowest BCUT2D eigenvalue weighted by atomic mass is 9.78. The van der Waals surface area contributed by atoms with E-state index < -0.39 is 0 Å². The molecule has 7 heteroatoms. The normalized spacial score (nSPS) is 16.0. The third kappa shape index (κ3) is 5.08. The number of para-hydroxylation sites is 1. The van der Waals surface area contributed by atoms with Crippen molar-refractivity contribution in [3.63, 3.8) is 0 Å². The lowest BCUT2D eigenvalue weighted by Gasteiger charge is -2.30. The molecule has 0 bridgehead atoms. The van der Waals surface area contributed by atoms with E-state index >= 15 is 0 Å². The maximum atomic E-state index is 5.67. The van der Waals surface area contributed by atoms with E-state index in [1.54, 1.807) is 13.4 Å². The van der Waals surface area contributed by atoms with E-state index in [4.69, 9.17) is 9.73 Å². The highest BCUT2D eigenvalue weighted by Crippen LogP contribution is 2.44. The predicted molar refractivity (Wildman–Crippen MR) is 117 cm³/mol. The van der Waals surface area contributed by atoms with Crippen molar-refractivity contribution >= 4 is 5.96 Å². The number of nitrogens with zero attached hydrogens (tertiary/aromatic N) is 4. The lowest BCUT2D eigenvalue weighted by Crippen LogP contribution is -2.40. The molecule has 0 aliphatic heterocycles. The Balaban J connectivity index is 1.70. The number of benzene rings is 1. The van der Waals surface area contributed by atoms with Gasteiger partial charge < -0.3 is 19.9 Å². The number of ether oxygens (including phenoxy) is 1. The molecule has 1 saturated carbocycles. The highest BCUT2D eigenvalue weighted by molar-refractivity contribution is 5.79. The van der Waals surface area contributed by atoms with Gasteiger partial charge in [0.25, 0.3) is 0 Å². The molecular formula is C22H34N6O. The van der Waals surface area contributed by atoms with Gasteiger partial charge in [-0.3, -0.25) is 4.99 Å². The average molecular weight is 399 g/mol. The van der Waals surface area contributed by atoms with Gasteiger partial charge in [0.2, 0.25) is 0 Å². The van der Waals surface area contributed by atoms with Crippen LogP contribution in [0.1, 0.15) is 50.9 Å². The Morgan fingerprint density at radius 1 is 1.21 bits per heavy atom. The Morgan fingerprint density at radius 3 is 2.72 bits per heavy atom. The minimum atomic E-state index is 0.0542. The van der Waals surface area contributed by atoms with Crippen molar-refractivity contribution < 1.29 is 4.74 Å². The fourth-order valence-corrected chi connectivity index (χ4v) is 4.25. The SMILES string of the molecule is CCNC(=NCC1(c2ccccc2OC)CCCC1)NCCn1cnnc1CC. The highest BCUT2D eigenvalue weighted by Gasteiger charge is 2.37.